The van der Waals surface area contributed by atoms with Gasteiger partial charge in [-0.2, -0.15) is 5.10 Å². The molecule has 0 aliphatic carbocycles. The minimum atomic E-state index is -0.280. The SMILES string of the molecule is CCCC1=NN(Cc2ccc(F)cc2)C(=O)C1CCN. The van der Waals surface area contributed by atoms with E-state index in [2.05, 4.69) is 12.0 Å². The number of carbonyl (C=O) groups excluding carboxylic acids is 1. The van der Waals surface area contributed by atoms with Gasteiger partial charge in [0.1, 0.15) is 5.82 Å². The zero-order valence-electron chi connectivity index (χ0n) is 11.7. The zero-order chi connectivity index (χ0) is 14.5. The van der Waals surface area contributed by atoms with E-state index in [1.165, 1.54) is 17.1 Å². The van der Waals surface area contributed by atoms with Gasteiger partial charge in [0.2, 0.25) is 0 Å². The normalized spacial score (nSPS) is 18.6. The van der Waals surface area contributed by atoms with Crippen molar-refractivity contribution in [1.82, 2.24) is 5.01 Å². The summed E-state index contributed by atoms with van der Waals surface area (Å²) in [5, 5.41) is 5.91. The summed E-state index contributed by atoms with van der Waals surface area (Å²) >= 11 is 0. The van der Waals surface area contributed by atoms with Crippen LogP contribution in [0.4, 0.5) is 4.39 Å². The van der Waals surface area contributed by atoms with Gasteiger partial charge in [0.25, 0.3) is 5.91 Å². The Hall–Kier alpha value is -1.75. The number of rotatable bonds is 6. The molecular weight excluding hydrogens is 257 g/mol. The highest BCUT2D eigenvalue weighted by Gasteiger charge is 2.34. The van der Waals surface area contributed by atoms with Crippen molar-refractivity contribution in [2.45, 2.75) is 32.7 Å². The first-order valence-electron chi connectivity index (χ1n) is 6.99. The third-order valence-corrected chi connectivity index (χ3v) is 3.41. The van der Waals surface area contributed by atoms with Crippen LogP contribution in [0.1, 0.15) is 31.7 Å². The van der Waals surface area contributed by atoms with Crippen molar-refractivity contribution in [3.8, 4) is 0 Å². The second kappa shape index (κ2) is 6.61. The molecule has 0 radical (unpaired) electrons. The first-order valence-corrected chi connectivity index (χ1v) is 6.99. The summed E-state index contributed by atoms with van der Waals surface area (Å²) < 4.78 is 12.9. The molecule has 0 bridgehead atoms. The summed E-state index contributed by atoms with van der Waals surface area (Å²) in [4.78, 5) is 12.3. The standard InChI is InChI=1S/C15H20FN3O/c1-2-3-14-13(8-9-17)15(20)19(18-14)10-11-4-6-12(16)7-5-11/h4-7,13H,2-3,8-10,17H2,1H3. The van der Waals surface area contributed by atoms with Gasteiger partial charge in [-0.1, -0.05) is 25.5 Å². The van der Waals surface area contributed by atoms with E-state index in [0.717, 1.165) is 24.1 Å². The summed E-state index contributed by atoms with van der Waals surface area (Å²) in [5.74, 6) is -0.457. The molecule has 1 aromatic carbocycles. The molecule has 4 nitrogen and oxygen atoms in total. The molecule has 1 aliphatic heterocycles. The molecule has 108 valence electrons. The fourth-order valence-electron chi connectivity index (χ4n) is 2.41. The highest BCUT2D eigenvalue weighted by atomic mass is 19.1. The minimum Gasteiger partial charge on any atom is -0.330 e. The number of hydrogen-bond acceptors (Lipinski definition) is 3. The Labute approximate surface area is 118 Å². The molecule has 1 aromatic rings. The van der Waals surface area contributed by atoms with Crippen molar-refractivity contribution in [2.75, 3.05) is 6.54 Å². The van der Waals surface area contributed by atoms with Crippen LogP contribution in [-0.2, 0) is 11.3 Å². The van der Waals surface area contributed by atoms with E-state index < -0.39 is 0 Å². The van der Waals surface area contributed by atoms with Gasteiger partial charge in [0.15, 0.2) is 0 Å². The topological polar surface area (TPSA) is 58.7 Å². The number of hydrazone groups is 1. The monoisotopic (exact) mass is 277 g/mol. The van der Waals surface area contributed by atoms with E-state index in [9.17, 15) is 9.18 Å². The van der Waals surface area contributed by atoms with Crippen molar-refractivity contribution in [2.24, 2.45) is 16.8 Å². The third kappa shape index (κ3) is 3.22. The van der Waals surface area contributed by atoms with E-state index in [0.29, 0.717) is 19.5 Å². The fourth-order valence-corrected chi connectivity index (χ4v) is 2.41. The third-order valence-electron chi connectivity index (χ3n) is 3.41. The van der Waals surface area contributed by atoms with Crippen molar-refractivity contribution in [3.63, 3.8) is 0 Å². The minimum absolute atomic E-state index is 0.00299. The molecule has 1 unspecified atom stereocenters. The smallest absolute Gasteiger partial charge is 0.251 e. The summed E-state index contributed by atoms with van der Waals surface area (Å²) in [7, 11) is 0. The first-order chi connectivity index (χ1) is 9.65. The van der Waals surface area contributed by atoms with E-state index in [1.807, 2.05) is 0 Å². The highest BCUT2D eigenvalue weighted by molar-refractivity contribution is 6.07. The number of nitrogens with two attached hydrogens (primary N) is 1. The Bertz CT molecular complexity index is 498. The lowest BCUT2D eigenvalue weighted by atomic mass is 9.96. The maximum atomic E-state index is 12.9. The van der Waals surface area contributed by atoms with Gasteiger partial charge in [-0.15, -0.1) is 0 Å². The van der Waals surface area contributed by atoms with E-state index >= 15 is 0 Å². The summed E-state index contributed by atoms with van der Waals surface area (Å²) in [6.07, 6.45) is 2.41. The molecule has 1 aliphatic rings. The molecular formula is C15H20FN3O. The largest absolute Gasteiger partial charge is 0.330 e. The molecule has 0 saturated carbocycles. The number of amides is 1. The number of nitrogens with zero attached hydrogens (tertiary/aromatic N) is 2. The van der Waals surface area contributed by atoms with Crippen LogP contribution < -0.4 is 5.73 Å². The number of benzene rings is 1. The lowest BCUT2D eigenvalue weighted by molar-refractivity contribution is -0.132. The summed E-state index contributed by atoms with van der Waals surface area (Å²) in [6, 6.07) is 6.13. The van der Waals surface area contributed by atoms with Crippen LogP contribution in [0.5, 0.6) is 0 Å². The molecule has 0 saturated heterocycles. The molecule has 0 fully saturated rings. The lowest BCUT2D eigenvalue weighted by Gasteiger charge is -2.14. The van der Waals surface area contributed by atoms with E-state index in [-0.39, 0.29) is 17.6 Å². The van der Waals surface area contributed by atoms with Gasteiger partial charge >= 0.3 is 0 Å². The second-order valence-electron chi connectivity index (χ2n) is 4.99. The van der Waals surface area contributed by atoms with Crippen molar-refractivity contribution >= 4 is 11.6 Å². The van der Waals surface area contributed by atoms with Gasteiger partial charge in [0, 0.05) is 0 Å². The Balaban J connectivity index is 2.11. The van der Waals surface area contributed by atoms with Gasteiger partial charge in [-0.25, -0.2) is 9.40 Å². The number of halogens is 1. The van der Waals surface area contributed by atoms with Crippen LogP contribution in [0.2, 0.25) is 0 Å². The summed E-state index contributed by atoms with van der Waals surface area (Å²) in [5.41, 5.74) is 7.37. The zero-order valence-corrected chi connectivity index (χ0v) is 11.7. The van der Waals surface area contributed by atoms with Gasteiger partial charge in [-0.05, 0) is 37.1 Å². The Morgan fingerprint density at radius 2 is 2.05 bits per heavy atom. The van der Waals surface area contributed by atoms with Gasteiger partial charge in [-0.3, -0.25) is 4.79 Å². The molecule has 1 atom stereocenters. The number of hydrogen-bond donors (Lipinski definition) is 1. The molecule has 2 rings (SSSR count). The highest BCUT2D eigenvalue weighted by Crippen LogP contribution is 2.23. The maximum absolute atomic E-state index is 12.9. The molecule has 20 heavy (non-hydrogen) atoms. The van der Waals surface area contributed by atoms with Crippen LogP contribution in [0, 0.1) is 11.7 Å². The molecule has 1 amide bonds. The van der Waals surface area contributed by atoms with Crippen LogP contribution in [0.25, 0.3) is 0 Å². The van der Waals surface area contributed by atoms with Gasteiger partial charge < -0.3 is 5.73 Å². The predicted molar refractivity (Wildman–Crippen MR) is 76.5 cm³/mol. The Kier molecular flexibility index (Phi) is 4.84. The lowest BCUT2D eigenvalue weighted by Crippen LogP contribution is -2.29. The van der Waals surface area contributed by atoms with Gasteiger partial charge in [0.05, 0.1) is 18.2 Å². The molecule has 5 heteroatoms. The van der Waals surface area contributed by atoms with Crippen LogP contribution >= 0.6 is 0 Å². The van der Waals surface area contributed by atoms with Crippen molar-refractivity contribution in [1.29, 1.82) is 0 Å². The van der Waals surface area contributed by atoms with Crippen molar-refractivity contribution in [3.05, 3.63) is 35.6 Å². The average Bonchev–Trinajstić information content (AvgIpc) is 2.71. The van der Waals surface area contributed by atoms with E-state index in [1.54, 1.807) is 12.1 Å². The second-order valence-corrected chi connectivity index (χ2v) is 4.99. The fraction of sp³-hybridized carbons (Fsp3) is 0.467. The molecule has 1 heterocycles. The predicted octanol–water partition coefficient (Wildman–Crippen LogP) is 2.29. The Morgan fingerprint density at radius 3 is 2.65 bits per heavy atom. The summed E-state index contributed by atoms with van der Waals surface area (Å²) in [6.45, 7) is 2.92. The quantitative estimate of drug-likeness (QED) is 0.867. The average molecular weight is 277 g/mol. The first kappa shape index (κ1) is 14.7. The maximum Gasteiger partial charge on any atom is 0.251 e. The van der Waals surface area contributed by atoms with Crippen LogP contribution in [0.3, 0.4) is 0 Å². The molecule has 0 spiro atoms. The van der Waals surface area contributed by atoms with Crippen molar-refractivity contribution < 1.29 is 9.18 Å². The van der Waals surface area contributed by atoms with E-state index in [4.69, 9.17) is 5.73 Å². The molecule has 0 aromatic heterocycles. The number of carbonyl (C=O) groups is 1. The molecule has 2 N–H and O–H groups in total. The Morgan fingerprint density at radius 1 is 1.35 bits per heavy atom. The van der Waals surface area contributed by atoms with Crippen LogP contribution in [-0.4, -0.2) is 23.2 Å². The van der Waals surface area contributed by atoms with Crippen LogP contribution in [0.15, 0.2) is 29.4 Å².